The van der Waals surface area contributed by atoms with Crippen molar-refractivity contribution in [2.24, 2.45) is 0 Å². The Hall–Kier alpha value is -1.88. The standard InChI is InChI=1S/C15H17N3OS/c19-14(18-8-2-1-3-9-18)12-5-4-6-13(11-12)17-15-16-7-10-20-15/h4-7,10-11H,1-3,8-9H2,(H,16,17). The Morgan fingerprint density at radius 3 is 2.85 bits per heavy atom. The quantitative estimate of drug-likeness (QED) is 0.939. The molecular weight excluding hydrogens is 270 g/mol. The van der Waals surface area contributed by atoms with Crippen molar-refractivity contribution in [2.75, 3.05) is 18.4 Å². The van der Waals surface area contributed by atoms with Gasteiger partial charge in [0.25, 0.3) is 5.91 Å². The number of thiazole rings is 1. The van der Waals surface area contributed by atoms with Gasteiger partial charge in [0.05, 0.1) is 0 Å². The third kappa shape index (κ3) is 2.99. The van der Waals surface area contributed by atoms with Gasteiger partial charge in [-0.3, -0.25) is 4.79 Å². The van der Waals surface area contributed by atoms with Gasteiger partial charge in [0, 0.05) is 35.9 Å². The molecule has 0 bridgehead atoms. The van der Waals surface area contributed by atoms with Crippen LogP contribution in [0.5, 0.6) is 0 Å². The zero-order valence-corrected chi connectivity index (χ0v) is 12.0. The van der Waals surface area contributed by atoms with Crippen LogP contribution in [0, 0.1) is 0 Å². The zero-order chi connectivity index (χ0) is 13.8. The van der Waals surface area contributed by atoms with E-state index < -0.39 is 0 Å². The monoisotopic (exact) mass is 287 g/mol. The smallest absolute Gasteiger partial charge is 0.253 e. The molecule has 0 saturated carbocycles. The lowest BCUT2D eigenvalue weighted by atomic mass is 10.1. The van der Waals surface area contributed by atoms with E-state index in [1.54, 1.807) is 17.5 Å². The van der Waals surface area contributed by atoms with Crippen LogP contribution in [-0.4, -0.2) is 28.9 Å². The number of hydrogen-bond acceptors (Lipinski definition) is 4. The number of nitrogens with one attached hydrogen (secondary N) is 1. The number of nitrogens with zero attached hydrogens (tertiary/aromatic N) is 2. The van der Waals surface area contributed by atoms with Crippen molar-refractivity contribution in [3.05, 3.63) is 41.4 Å². The Kier molecular flexibility index (Phi) is 3.97. The number of carbonyl (C=O) groups excluding carboxylic acids is 1. The molecule has 1 aliphatic rings. The number of amides is 1. The fraction of sp³-hybridized carbons (Fsp3) is 0.333. The van der Waals surface area contributed by atoms with Gasteiger partial charge in [-0.25, -0.2) is 4.98 Å². The Labute approximate surface area is 122 Å². The van der Waals surface area contributed by atoms with Crippen LogP contribution in [0.1, 0.15) is 29.6 Å². The molecule has 104 valence electrons. The maximum atomic E-state index is 12.4. The predicted octanol–water partition coefficient (Wildman–Crippen LogP) is 3.51. The summed E-state index contributed by atoms with van der Waals surface area (Å²) in [6.07, 6.45) is 5.22. The predicted molar refractivity (Wildman–Crippen MR) is 81.6 cm³/mol. The largest absolute Gasteiger partial charge is 0.339 e. The average molecular weight is 287 g/mol. The molecule has 0 aliphatic carbocycles. The summed E-state index contributed by atoms with van der Waals surface area (Å²) in [4.78, 5) is 18.6. The van der Waals surface area contributed by atoms with Gasteiger partial charge < -0.3 is 10.2 Å². The first-order valence-electron chi connectivity index (χ1n) is 6.89. The van der Waals surface area contributed by atoms with Gasteiger partial charge in [0.2, 0.25) is 0 Å². The van der Waals surface area contributed by atoms with Crippen molar-refractivity contribution < 1.29 is 4.79 Å². The van der Waals surface area contributed by atoms with E-state index in [0.29, 0.717) is 0 Å². The van der Waals surface area contributed by atoms with E-state index in [4.69, 9.17) is 0 Å². The van der Waals surface area contributed by atoms with E-state index in [1.807, 2.05) is 34.5 Å². The highest BCUT2D eigenvalue weighted by Crippen LogP contribution is 2.21. The van der Waals surface area contributed by atoms with Crippen LogP contribution in [0.15, 0.2) is 35.8 Å². The SMILES string of the molecule is O=C(c1cccc(Nc2nccs2)c1)N1CCCCC1. The maximum absolute atomic E-state index is 12.4. The molecule has 1 aromatic carbocycles. The first-order chi connectivity index (χ1) is 9.83. The lowest BCUT2D eigenvalue weighted by molar-refractivity contribution is 0.0724. The highest BCUT2D eigenvalue weighted by atomic mass is 32.1. The number of piperidine rings is 1. The molecule has 20 heavy (non-hydrogen) atoms. The lowest BCUT2D eigenvalue weighted by Crippen LogP contribution is -2.35. The van der Waals surface area contributed by atoms with Gasteiger partial charge in [-0.2, -0.15) is 0 Å². The molecule has 1 fully saturated rings. The zero-order valence-electron chi connectivity index (χ0n) is 11.2. The van der Waals surface area contributed by atoms with Gasteiger partial charge in [0.1, 0.15) is 0 Å². The number of likely N-dealkylation sites (tertiary alicyclic amines) is 1. The van der Waals surface area contributed by atoms with Crippen LogP contribution in [0.3, 0.4) is 0 Å². The Bertz CT molecular complexity index is 577. The van der Waals surface area contributed by atoms with Crippen LogP contribution >= 0.6 is 11.3 Å². The number of benzene rings is 1. The Balaban J connectivity index is 1.74. The van der Waals surface area contributed by atoms with Crippen molar-refractivity contribution >= 4 is 28.1 Å². The van der Waals surface area contributed by atoms with Crippen molar-refractivity contribution in [1.82, 2.24) is 9.88 Å². The molecule has 1 amide bonds. The average Bonchev–Trinajstić information content (AvgIpc) is 3.01. The third-order valence-electron chi connectivity index (χ3n) is 3.44. The van der Waals surface area contributed by atoms with E-state index in [1.165, 1.54) is 6.42 Å². The van der Waals surface area contributed by atoms with E-state index in [0.717, 1.165) is 42.3 Å². The Morgan fingerprint density at radius 1 is 1.25 bits per heavy atom. The molecule has 0 unspecified atom stereocenters. The molecular formula is C15H17N3OS. The van der Waals surface area contributed by atoms with E-state index >= 15 is 0 Å². The number of aromatic nitrogens is 1. The molecule has 5 heteroatoms. The summed E-state index contributed by atoms with van der Waals surface area (Å²) in [5.74, 6) is 0.132. The minimum Gasteiger partial charge on any atom is -0.339 e. The molecule has 1 aliphatic heterocycles. The van der Waals surface area contributed by atoms with Crippen LogP contribution in [0.4, 0.5) is 10.8 Å². The van der Waals surface area contributed by atoms with E-state index in [-0.39, 0.29) is 5.91 Å². The van der Waals surface area contributed by atoms with Crippen molar-refractivity contribution in [3.63, 3.8) is 0 Å². The molecule has 0 radical (unpaired) electrons. The molecule has 0 atom stereocenters. The van der Waals surface area contributed by atoms with Gasteiger partial charge in [-0.1, -0.05) is 6.07 Å². The summed E-state index contributed by atoms with van der Waals surface area (Å²) in [6, 6.07) is 7.64. The molecule has 2 aromatic rings. The number of anilines is 2. The Morgan fingerprint density at radius 2 is 2.10 bits per heavy atom. The number of rotatable bonds is 3. The van der Waals surface area contributed by atoms with Gasteiger partial charge in [-0.15, -0.1) is 11.3 Å². The minimum absolute atomic E-state index is 0.132. The van der Waals surface area contributed by atoms with Crippen LogP contribution < -0.4 is 5.32 Å². The van der Waals surface area contributed by atoms with Crippen molar-refractivity contribution in [1.29, 1.82) is 0 Å². The third-order valence-corrected chi connectivity index (χ3v) is 4.12. The summed E-state index contributed by atoms with van der Waals surface area (Å²) in [5.41, 5.74) is 1.65. The molecule has 1 aromatic heterocycles. The molecule has 2 heterocycles. The summed E-state index contributed by atoms with van der Waals surface area (Å²) >= 11 is 1.54. The number of hydrogen-bond donors (Lipinski definition) is 1. The van der Waals surface area contributed by atoms with Gasteiger partial charge >= 0.3 is 0 Å². The molecule has 4 nitrogen and oxygen atoms in total. The summed E-state index contributed by atoms with van der Waals surface area (Å²) < 4.78 is 0. The first-order valence-corrected chi connectivity index (χ1v) is 7.77. The maximum Gasteiger partial charge on any atom is 0.253 e. The second-order valence-corrected chi connectivity index (χ2v) is 5.79. The molecule has 3 rings (SSSR count). The van der Waals surface area contributed by atoms with Crippen LogP contribution in [0.25, 0.3) is 0 Å². The summed E-state index contributed by atoms with van der Waals surface area (Å²) in [6.45, 7) is 1.76. The molecule has 1 saturated heterocycles. The van der Waals surface area contributed by atoms with Gasteiger partial charge in [0.15, 0.2) is 5.13 Å². The molecule has 1 N–H and O–H groups in total. The fourth-order valence-corrected chi connectivity index (χ4v) is 2.97. The van der Waals surface area contributed by atoms with Gasteiger partial charge in [-0.05, 0) is 37.5 Å². The summed E-state index contributed by atoms with van der Waals surface area (Å²) in [7, 11) is 0. The van der Waals surface area contributed by atoms with Crippen molar-refractivity contribution in [2.45, 2.75) is 19.3 Å². The van der Waals surface area contributed by atoms with Crippen LogP contribution in [-0.2, 0) is 0 Å². The normalized spacial score (nSPS) is 15.1. The second-order valence-electron chi connectivity index (χ2n) is 4.90. The minimum atomic E-state index is 0.132. The lowest BCUT2D eigenvalue weighted by Gasteiger charge is -2.26. The number of carbonyl (C=O) groups is 1. The highest BCUT2D eigenvalue weighted by molar-refractivity contribution is 7.13. The second kappa shape index (κ2) is 6.05. The van der Waals surface area contributed by atoms with E-state index in [9.17, 15) is 4.79 Å². The summed E-state index contributed by atoms with van der Waals surface area (Å²) in [5, 5.41) is 5.98. The van der Waals surface area contributed by atoms with E-state index in [2.05, 4.69) is 10.3 Å². The highest BCUT2D eigenvalue weighted by Gasteiger charge is 2.18. The van der Waals surface area contributed by atoms with Crippen molar-refractivity contribution in [3.8, 4) is 0 Å². The first kappa shape index (κ1) is 13.1. The van der Waals surface area contributed by atoms with Crippen LogP contribution in [0.2, 0.25) is 0 Å². The fourth-order valence-electron chi connectivity index (χ4n) is 2.42. The molecule has 0 spiro atoms. The topological polar surface area (TPSA) is 45.2 Å².